The topological polar surface area (TPSA) is 12.5 Å². The van der Waals surface area contributed by atoms with E-state index in [4.69, 9.17) is 4.74 Å². The Hall–Kier alpha value is -0.0800. The van der Waals surface area contributed by atoms with Gasteiger partial charge in [0.15, 0.2) is 0 Å². The summed E-state index contributed by atoms with van der Waals surface area (Å²) in [6, 6.07) is 0. The van der Waals surface area contributed by atoms with Crippen LogP contribution < -0.4 is 0 Å². The van der Waals surface area contributed by atoms with Crippen molar-refractivity contribution in [2.75, 3.05) is 33.4 Å². The molecule has 2 nitrogen and oxygen atoms in total. The summed E-state index contributed by atoms with van der Waals surface area (Å²) >= 11 is 0. The maximum atomic E-state index is 5.13. The first-order valence-corrected chi connectivity index (χ1v) is 4.58. The lowest BCUT2D eigenvalue weighted by molar-refractivity contribution is 0.153. The van der Waals surface area contributed by atoms with E-state index in [-0.39, 0.29) is 0 Å². The molecule has 1 saturated heterocycles. The molecule has 0 aromatic heterocycles. The van der Waals surface area contributed by atoms with Gasteiger partial charge in [-0.15, -0.1) is 0 Å². The molecule has 1 aliphatic rings. The van der Waals surface area contributed by atoms with E-state index in [0.29, 0.717) is 0 Å². The van der Waals surface area contributed by atoms with Gasteiger partial charge in [-0.3, -0.25) is 0 Å². The Morgan fingerprint density at radius 1 is 1.55 bits per heavy atom. The molecule has 0 N–H and O–H groups in total. The van der Waals surface area contributed by atoms with E-state index in [9.17, 15) is 0 Å². The first-order valence-electron chi connectivity index (χ1n) is 4.58. The van der Waals surface area contributed by atoms with E-state index in [1.807, 2.05) is 0 Å². The Balaban J connectivity index is 2.12. The van der Waals surface area contributed by atoms with Gasteiger partial charge in [0.05, 0.1) is 6.61 Å². The summed E-state index contributed by atoms with van der Waals surface area (Å²) in [4.78, 5) is 2.53. The van der Waals surface area contributed by atoms with Crippen molar-refractivity contribution in [3.63, 3.8) is 0 Å². The van der Waals surface area contributed by atoms with Crippen molar-refractivity contribution >= 4 is 0 Å². The van der Waals surface area contributed by atoms with Crippen molar-refractivity contribution in [1.29, 1.82) is 0 Å². The van der Waals surface area contributed by atoms with Crippen LogP contribution in [0.3, 0.4) is 0 Å². The largest absolute Gasteiger partial charge is 0.384 e. The van der Waals surface area contributed by atoms with Crippen LogP contribution in [0.15, 0.2) is 0 Å². The fourth-order valence-corrected chi connectivity index (χ4v) is 1.80. The van der Waals surface area contributed by atoms with Crippen LogP contribution in [0, 0.1) is 5.92 Å². The SMILES string of the molecule is CCCN1CC[C@H](COC)C1. The summed E-state index contributed by atoms with van der Waals surface area (Å²) in [7, 11) is 1.79. The van der Waals surface area contributed by atoms with Gasteiger partial charge in [0.1, 0.15) is 0 Å². The number of hydrogen-bond donors (Lipinski definition) is 0. The molecule has 0 bridgehead atoms. The molecule has 0 radical (unpaired) electrons. The number of hydrogen-bond acceptors (Lipinski definition) is 2. The predicted octanol–water partition coefficient (Wildman–Crippen LogP) is 1.36. The monoisotopic (exact) mass is 157 g/mol. The number of methoxy groups -OCH3 is 1. The van der Waals surface area contributed by atoms with Crippen molar-refractivity contribution in [3.8, 4) is 0 Å². The van der Waals surface area contributed by atoms with E-state index in [2.05, 4.69) is 11.8 Å². The summed E-state index contributed by atoms with van der Waals surface area (Å²) in [6.45, 7) is 6.98. The van der Waals surface area contributed by atoms with Crippen molar-refractivity contribution in [3.05, 3.63) is 0 Å². The standard InChI is InChI=1S/C9H19NO/c1-3-5-10-6-4-9(7-10)8-11-2/h9H,3-8H2,1-2H3/t9-/m0/s1. The third-order valence-corrected chi connectivity index (χ3v) is 2.31. The molecule has 0 amide bonds. The third-order valence-electron chi connectivity index (χ3n) is 2.31. The van der Waals surface area contributed by atoms with Gasteiger partial charge in [-0.1, -0.05) is 6.92 Å². The highest BCUT2D eigenvalue weighted by molar-refractivity contribution is 4.74. The highest BCUT2D eigenvalue weighted by Crippen LogP contribution is 2.15. The van der Waals surface area contributed by atoms with Gasteiger partial charge in [-0.05, 0) is 31.8 Å². The second-order valence-corrected chi connectivity index (χ2v) is 3.41. The zero-order valence-corrected chi connectivity index (χ0v) is 7.68. The average molecular weight is 157 g/mol. The molecule has 1 heterocycles. The summed E-state index contributed by atoms with van der Waals surface area (Å²) in [5.41, 5.74) is 0. The van der Waals surface area contributed by atoms with Gasteiger partial charge in [-0.25, -0.2) is 0 Å². The number of ether oxygens (including phenoxy) is 1. The molecule has 0 saturated carbocycles. The smallest absolute Gasteiger partial charge is 0.0503 e. The molecule has 1 fully saturated rings. The minimum atomic E-state index is 0.798. The molecule has 0 aliphatic carbocycles. The number of rotatable bonds is 4. The Kier molecular flexibility index (Phi) is 3.87. The molecule has 1 atom stereocenters. The molecule has 0 aromatic carbocycles. The Bertz CT molecular complexity index is 93.7. The van der Waals surface area contributed by atoms with Crippen molar-refractivity contribution in [1.82, 2.24) is 4.90 Å². The minimum Gasteiger partial charge on any atom is -0.384 e. The molecule has 2 heteroatoms. The molecule has 11 heavy (non-hydrogen) atoms. The highest BCUT2D eigenvalue weighted by Gasteiger charge is 2.20. The van der Waals surface area contributed by atoms with Gasteiger partial charge >= 0.3 is 0 Å². The van der Waals surface area contributed by atoms with Gasteiger partial charge in [0.25, 0.3) is 0 Å². The van der Waals surface area contributed by atoms with E-state index in [1.165, 1.54) is 32.5 Å². The lowest BCUT2D eigenvalue weighted by Crippen LogP contribution is -2.22. The van der Waals surface area contributed by atoms with Crippen molar-refractivity contribution < 1.29 is 4.74 Å². The normalized spacial score (nSPS) is 26.2. The van der Waals surface area contributed by atoms with Crippen LogP contribution in [-0.2, 0) is 4.74 Å². The molecule has 1 aliphatic heterocycles. The molecular formula is C9H19NO. The van der Waals surface area contributed by atoms with Gasteiger partial charge in [-0.2, -0.15) is 0 Å². The van der Waals surface area contributed by atoms with Crippen LogP contribution in [0.5, 0.6) is 0 Å². The Labute approximate surface area is 69.5 Å². The number of nitrogens with zero attached hydrogens (tertiary/aromatic N) is 1. The van der Waals surface area contributed by atoms with E-state index in [0.717, 1.165) is 12.5 Å². The average Bonchev–Trinajstić information content (AvgIpc) is 2.38. The van der Waals surface area contributed by atoms with Crippen LogP contribution in [0.25, 0.3) is 0 Å². The maximum Gasteiger partial charge on any atom is 0.0503 e. The highest BCUT2D eigenvalue weighted by atomic mass is 16.5. The predicted molar refractivity (Wildman–Crippen MR) is 46.7 cm³/mol. The first kappa shape index (κ1) is 9.01. The lowest BCUT2D eigenvalue weighted by atomic mass is 10.1. The zero-order chi connectivity index (χ0) is 8.10. The minimum absolute atomic E-state index is 0.798. The molecule has 0 spiro atoms. The summed E-state index contributed by atoms with van der Waals surface area (Å²) < 4.78 is 5.13. The summed E-state index contributed by atoms with van der Waals surface area (Å²) in [5.74, 6) is 0.798. The Morgan fingerprint density at radius 3 is 3.00 bits per heavy atom. The van der Waals surface area contributed by atoms with E-state index < -0.39 is 0 Å². The van der Waals surface area contributed by atoms with Crippen LogP contribution in [0.2, 0.25) is 0 Å². The maximum absolute atomic E-state index is 5.13. The van der Waals surface area contributed by atoms with Crippen molar-refractivity contribution in [2.45, 2.75) is 19.8 Å². The Morgan fingerprint density at radius 2 is 2.36 bits per heavy atom. The number of likely N-dealkylation sites (tertiary alicyclic amines) is 1. The quantitative estimate of drug-likeness (QED) is 0.611. The van der Waals surface area contributed by atoms with Gasteiger partial charge in [0.2, 0.25) is 0 Å². The third kappa shape index (κ3) is 2.80. The molecule has 1 rings (SSSR count). The second-order valence-electron chi connectivity index (χ2n) is 3.41. The second kappa shape index (κ2) is 4.73. The first-order chi connectivity index (χ1) is 5.36. The zero-order valence-electron chi connectivity index (χ0n) is 7.68. The molecule has 66 valence electrons. The molecule has 0 unspecified atom stereocenters. The van der Waals surface area contributed by atoms with Crippen LogP contribution in [0.4, 0.5) is 0 Å². The molecule has 0 aromatic rings. The molecular weight excluding hydrogens is 138 g/mol. The fraction of sp³-hybridized carbons (Fsp3) is 1.00. The summed E-state index contributed by atoms with van der Waals surface area (Å²) in [5, 5.41) is 0. The van der Waals surface area contributed by atoms with Crippen LogP contribution >= 0.6 is 0 Å². The van der Waals surface area contributed by atoms with Crippen molar-refractivity contribution in [2.24, 2.45) is 5.92 Å². The van der Waals surface area contributed by atoms with Crippen LogP contribution in [-0.4, -0.2) is 38.3 Å². The fourth-order valence-electron chi connectivity index (χ4n) is 1.80. The van der Waals surface area contributed by atoms with E-state index in [1.54, 1.807) is 7.11 Å². The summed E-state index contributed by atoms with van der Waals surface area (Å²) in [6.07, 6.45) is 2.60. The van der Waals surface area contributed by atoms with Crippen LogP contribution in [0.1, 0.15) is 19.8 Å². The van der Waals surface area contributed by atoms with E-state index >= 15 is 0 Å². The van der Waals surface area contributed by atoms with Gasteiger partial charge in [0, 0.05) is 13.7 Å². The lowest BCUT2D eigenvalue weighted by Gasteiger charge is -2.13. The van der Waals surface area contributed by atoms with Gasteiger partial charge < -0.3 is 9.64 Å².